The zero-order chi connectivity index (χ0) is 29.4. The highest BCUT2D eigenvalue weighted by molar-refractivity contribution is 6.49. The highest BCUT2D eigenvalue weighted by atomic mass is 35.5. The first-order chi connectivity index (χ1) is 19.7. The largest absolute Gasteiger partial charge is 0.454 e. The van der Waals surface area contributed by atoms with Crippen molar-refractivity contribution >= 4 is 63.0 Å². The van der Waals surface area contributed by atoms with Crippen molar-refractivity contribution in [2.75, 3.05) is 28.1 Å². The lowest BCUT2D eigenvalue weighted by Crippen LogP contribution is -2.13. The molecule has 3 aromatic rings. The minimum absolute atomic E-state index is 0.0992. The van der Waals surface area contributed by atoms with Gasteiger partial charge in [0, 0.05) is 42.7 Å². The van der Waals surface area contributed by atoms with E-state index in [4.69, 9.17) is 21.1 Å². The number of hydrogen-bond acceptors (Lipinski definition) is 6. The third-order valence-corrected chi connectivity index (χ3v) is 6.12. The summed E-state index contributed by atoms with van der Waals surface area (Å²) in [4.78, 5) is 48.1. The average Bonchev–Trinajstić information content (AvgIpc) is 3.40. The monoisotopic (exact) mass is 574 g/mol. The molecule has 0 saturated carbocycles. The van der Waals surface area contributed by atoms with E-state index in [1.807, 2.05) is 0 Å². The first-order valence-electron chi connectivity index (χ1n) is 12.5. The molecule has 0 aliphatic carbocycles. The van der Waals surface area contributed by atoms with Gasteiger partial charge >= 0.3 is 0 Å². The molecule has 0 radical (unpaired) electrons. The van der Waals surface area contributed by atoms with Crippen LogP contribution < -0.4 is 30.7 Å². The van der Waals surface area contributed by atoms with Crippen LogP contribution in [0.4, 0.5) is 22.7 Å². The summed E-state index contributed by atoms with van der Waals surface area (Å²) in [7, 11) is 0. The Bertz CT molecular complexity index is 1530. The van der Waals surface area contributed by atoms with Crippen LogP contribution in [0.5, 0.6) is 11.5 Å². The van der Waals surface area contributed by atoms with Gasteiger partial charge in [0.2, 0.25) is 30.4 Å². The van der Waals surface area contributed by atoms with E-state index in [9.17, 15) is 19.2 Å². The fourth-order valence-electron chi connectivity index (χ4n) is 3.85. The van der Waals surface area contributed by atoms with Gasteiger partial charge < -0.3 is 30.7 Å². The number of fused-ring (bicyclic) bond motifs is 1. The maximum Gasteiger partial charge on any atom is 0.248 e. The van der Waals surface area contributed by atoms with E-state index in [0.29, 0.717) is 45.4 Å². The summed E-state index contributed by atoms with van der Waals surface area (Å²) >= 11 is 6.74. The lowest BCUT2D eigenvalue weighted by molar-refractivity contribution is -0.116. The predicted octanol–water partition coefficient (Wildman–Crippen LogP) is 5.51. The predicted molar refractivity (Wildman–Crippen MR) is 158 cm³/mol. The third-order valence-electron chi connectivity index (χ3n) is 5.66. The molecule has 4 amide bonds. The van der Waals surface area contributed by atoms with Gasteiger partial charge in [-0.15, -0.1) is 0 Å². The fourth-order valence-corrected chi connectivity index (χ4v) is 4.09. The van der Waals surface area contributed by atoms with Crippen molar-refractivity contribution in [3.05, 3.63) is 90.0 Å². The maximum absolute atomic E-state index is 13.0. The number of nitrogens with one attached hydrogen (secondary N) is 4. The van der Waals surface area contributed by atoms with Gasteiger partial charge in [-0.2, -0.15) is 0 Å². The van der Waals surface area contributed by atoms with E-state index in [1.165, 1.54) is 26.0 Å². The molecule has 0 unspecified atom stereocenters. The van der Waals surface area contributed by atoms with Crippen LogP contribution in [0.25, 0.3) is 5.03 Å². The molecule has 0 aromatic heterocycles. The van der Waals surface area contributed by atoms with Crippen molar-refractivity contribution in [3.8, 4) is 11.5 Å². The Kier molecular flexibility index (Phi) is 9.39. The minimum atomic E-state index is -0.445. The van der Waals surface area contributed by atoms with Crippen LogP contribution in [0.2, 0.25) is 0 Å². The van der Waals surface area contributed by atoms with Crippen molar-refractivity contribution in [2.24, 2.45) is 0 Å². The Balaban J connectivity index is 1.51. The highest BCUT2D eigenvalue weighted by Crippen LogP contribution is 2.37. The lowest BCUT2D eigenvalue weighted by Gasteiger charge is -2.10. The summed E-state index contributed by atoms with van der Waals surface area (Å²) < 4.78 is 10.8. The molecule has 210 valence electrons. The molecule has 10 nitrogen and oxygen atoms in total. The summed E-state index contributed by atoms with van der Waals surface area (Å²) in [5.41, 5.74) is 3.20. The molecule has 0 saturated heterocycles. The van der Waals surface area contributed by atoms with Crippen LogP contribution in [-0.4, -0.2) is 30.4 Å². The molecule has 1 aliphatic heterocycles. The van der Waals surface area contributed by atoms with Crippen LogP contribution >= 0.6 is 11.6 Å². The Labute approximate surface area is 241 Å². The summed E-state index contributed by atoms with van der Waals surface area (Å²) in [5.74, 6) is -0.113. The molecule has 41 heavy (non-hydrogen) atoms. The average molecular weight is 575 g/mol. The number of allylic oxidation sites excluding steroid dienone is 1. The molecule has 1 heterocycles. The van der Waals surface area contributed by atoms with E-state index >= 15 is 0 Å². The SMILES string of the molecule is CC(=O)Nc1ccc(NC(=O)/C=C/C(CC(=O)Nc2ccc(NC(C)=O)cc2)=C(/Cl)c2ccc3c(c2)OCO3)cc1. The summed E-state index contributed by atoms with van der Waals surface area (Å²) in [6.07, 6.45) is 2.62. The Morgan fingerprint density at radius 1 is 0.707 bits per heavy atom. The quantitative estimate of drug-likeness (QED) is 0.197. The minimum Gasteiger partial charge on any atom is -0.454 e. The van der Waals surface area contributed by atoms with Gasteiger partial charge in [-0.05, 0) is 77.9 Å². The number of amides is 4. The fraction of sp³-hybridized carbons (Fsp3) is 0.133. The molecule has 4 N–H and O–H groups in total. The van der Waals surface area contributed by atoms with E-state index < -0.39 is 5.91 Å². The number of carbonyl (C=O) groups is 4. The first-order valence-corrected chi connectivity index (χ1v) is 12.9. The zero-order valence-corrected chi connectivity index (χ0v) is 23.0. The third kappa shape index (κ3) is 8.45. The van der Waals surface area contributed by atoms with Gasteiger partial charge in [0.15, 0.2) is 11.5 Å². The molecule has 3 aromatic carbocycles. The second kappa shape index (κ2) is 13.3. The van der Waals surface area contributed by atoms with Crippen LogP contribution in [0, 0.1) is 0 Å². The molecule has 0 spiro atoms. The number of anilines is 4. The molecular formula is C30H27ClN4O6. The second-order valence-corrected chi connectivity index (χ2v) is 9.35. The van der Waals surface area contributed by atoms with Gasteiger partial charge in [0.1, 0.15) is 0 Å². The van der Waals surface area contributed by atoms with Gasteiger partial charge in [0.05, 0.1) is 11.5 Å². The van der Waals surface area contributed by atoms with Crippen molar-refractivity contribution in [2.45, 2.75) is 20.3 Å². The van der Waals surface area contributed by atoms with Crippen LogP contribution in [-0.2, 0) is 19.2 Å². The molecular weight excluding hydrogens is 548 g/mol. The van der Waals surface area contributed by atoms with Crippen molar-refractivity contribution in [1.82, 2.24) is 0 Å². The van der Waals surface area contributed by atoms with Gasteiger partial charge in [-0.1, -0.05) is 17.7 Å². The number of carbonyl (C=O) groups excluding carboxylic acids is 4. The second-order valence-electron chi connectivity index (χ2n) is 8.97. The number of ether oxygens (including phenoxy) is 2. The van der Waals surface area contributed by atoms with E-state index in [-0.39, 0.29) is 36.0 Å². The van der Waals surface area contributed by atoms with Gasteiger partial charge in [-0.25, -0.2) is 0 Å². The van der Waals surface area contributed by atoms with Crippen molar-refractivity contribution in [1.29, 1.82) is 0 Å². The van der Waals surface area contributed by atoms with Crippen LogP contribution in [0.3, 0.4) is 0 Å². The van der Waals surface area contributed by atoms with E-state index in [1.54, 1.807) is 66.7 Å². The molecule has 0 bridgehead atoms. The van der Waals surface area contributed by atoms with Crippen LogP contribution in [0.15, 0.2) is 84.5 Å². The van der Waals surface area contributed by atoms with Crippen molar-refractivity contribution in [3.63, 3.8) is 0 Å². The van der Waals surface area contributed by atoms with Gasteiger partial charge in [-0.3, -0.25) is 19.2 Å². The highest BCUT2D eigenvalue weighted by Gasteiger charge is 2.17. The zero-order valence-electron chi connectivity index (χ0n) is 22.2. The Hall–Kier alpha value is -5.09. The number of hydrogen-bond donors (Lipinski definition) is 4. The normalized spacial score (nSPS) is 12.4. The maximum atomic E-state index is 13.0. The number of rotatable bonds is 9. The van der Waals surface area contributed by atoms with Crippen molar-refractivity contribution < 1.29 is 28.7 Å². The summed E-state index contributed by atoms with van der Waals surface area (Å²) in [5, 5.41) is 11.1. The van der Waals surface area contributed by atoms with Gasteiger partial charge in [0.25, 0.3) is 0 Å². The molecule has 1 aliphatic rings. The molecule has 11 heteroatoms. The summed E-state index contributed by atoms with van der Waals surface area (Å²) in [6, 6.07) is 18.4. The molecule has 4 rings (SSSR count). The number of halogens is 1. The van der Waals surface area contributed by atoms with Crippen LogP contribution in [0.1, 0.15) is 25.8 Å². The Morgan fingerprint density at radius 2 is 1.22 bits per heavy atom. The topological polar surface area (TPSA) is 135 Å². The van der Waals surface area contributed by atoms with E-state index in [0.717, 1.165) is 0 Å². The summed E-state index contributed by atoms with van der Waals surface area (Å²) in [6.45, 7) is 2.91. The smallest absolute Gasteiger partial charge is 0.248 e. The Morgan fingerprint density at radius 3 is 1.78 bits per heavy atom. The lowest BCUT2D eigenvalue weighted by atomic mass is 10.1. The number of benzene rings is 3. The van der Waals surface area contributed by atoms with E-state index in [2.05, 4.69) is 21.3 Å². The molecule has 0 atom stereocenters. The molecule has 0 fully saturated rings. The first kappa shape index (κ1) is 28.9. The standard InChI is InChI=1S/C30H27ClN4O6/c1-18(36)32-22-5-9-24(10-6-22)34-28(38)14-4-21(30(31)20-3-13-26-27(15-20)41-17-40-26)16-29(39)35-25-11-7-23(8-12-25)33-19(2)37/h3-15H,16-17H2,1-2H3,(H,32,36)(H,33,37)(H,34,38)(H,35,39)/b14-4+,30-21-.